The molecular formula is C14H18BrNO. The summed E-state index contributed by atoms with van der Waals surface area (Å²) in [5.41, 5.74) is 0.787. The van der Waals surface area contributed by atoms with Gasteiger partial charge in [0.2, 0.25) is 0 Å². The number of hydrogen-bond donors (Lipinski definition) is 0. The summed E-state index contributed by atoms with van der Waals surface area (Å²) in [7, 11) is 0. The number of benzene rings is 1. The minimum Gasteiger partial charge on any atom is -0.338 e. The summed E-state index contributed by atoms with van der Waals surface area (Å²) < 4.78 is 1.01. The smallest absolute Gasteiger partial charge is 0.253 e. The van der Waals surface area contributed by atoms with E-state index >= 15 is 0 Å². The summed E-state index contributed by atoms with van der Waals surface area (Å²) in [6.07, 6.45) is 1.23. The molecule has 0 aromatic heterocycles. The molecule has 1 fully saturated rings. The molecule has 2 rings (SSSR count). The van der Waals surface area contributed by atoms with Gasteiger partial charge in [0, 0.05) is 23.1 Å². The Hall–Kier alpha value is -0.830. The van der Waals surface area contributed by atoms with Gasteiger partial charge in [-0.1, -0.05) is 29.8 Å². The minimum atomic E-state index is 0.163. The summed E-state index contributed by atoms with van der Waals surface area (Å²) in [6.45, 7) is 6.22. The lowest BCUT2D eigenvalue weighted by Gasteiger charge is -2.35. The maximum absolute atomic E-state index is 12.3. The minimum absolute atomic E-state index is 0.163. The predicted octanol–water partition coefficient (Wildman–Crippen LogP) is 3.57. The number of carbonyl (C=O) groups is 1. The van der Waals surface area contributed by atoms with Gasteiger partial charge in [0.25, 0.3) is 5.91 Å². The molecule has 1 heterocycles. The first-order valence-corrected chi connectivity index (χ1v) is 6.90. The number of likely N-dealkylation sites (tertiary alicyclic amines) is 1. The van der Waals surface area contributed by atoms with Crippen LogP contribution in [-0.2, 0) is 0 Å². The van der Waals surface area contributed by atoms with Crippen molar-refractivity contribution in [3.8, 4) is 0 Å². The Morgan fingerprint density at radius 3 is 2.24 bits per heavy atom. The van der Waals surface area contributed by atoms with Crippen LogP contribution in [0.15, 0.2) is 28.7 Å². The molecule has 92 valence electrons. The van der Waals surface area contributed by atoms with Crippen LogP contribution in [0, 0.1) is 11.8 Å². The highest BCUT2D eigenvalue weighted by Crippen LogP contribution is 2.22. The lowest BCUT2D eigenvalue weighted by atomic mass is 9.91. The SMILES string of the molecule is C[C@@H]1C[C@@H](C)CN(C(=O)c2ccc(Br)cc2)C1. The van der Waals surface area contributed by atoms with E-state index in [9.17, 15) is 4.79 Å². The molecule has 3 heteroatoms. The summed E-state index contributed by atoms with van der Waals surface area (Å²) in [4.78, 5) is 14.3. The van der Waals surface area contributed by atoms with Gasteiger partial charge < -0.3 is 4.90 Å². The van der Waals surface area contributed by atoms with Gasteiger partial charge in [-0.2, -0.15) is 0 Å². The number of halogens is 1. The molecule has 2 nitrogen and oxygen atoms in total. The second kappa shape index (κ2) is 5.21. The topological polar surface area (TPSA) is 20.3 Å². The lowest BCUT2D eigenvalue weighted by molar-refractivity contribution is 0.0623. The van der Waals surface area contributed by atoms with Crippen molar-refractivity contribution < 1.29 is 4.79 Å². The third-order valence-electron chi connectivity index (χ3n) is 3.25. The van der Waals surface area contributed by atoms with Crippen molar-refractivity contribution in [3.63, 3.8) is 0 Å². The monoisotopic (exact) mass is 295 g/mol. The molecule has 0 bridgehead atoms. The number of rotatable bonds is 1. The second-order valence-corrected chi connectivity index (χ2v) is 6.08. The number of nitrogens with zero attached hydrogens (tertiary/aromatic N) is 1. The van der Waals surface area contributed by atoms with Crippen LogP contribution in [0.5, 0.6) is 0 Å². The van der Waals surface area contributed by atoms with E-state index in [0.717, 1.165) is 23.1 Å². The zero-order valence-corrected chi connectivity index (χ0v) is 11.9. The molecule has 2 atom stereocenters. The average Bonchev–Trinajstić information content (AvgIpc) is 2.28. The van der Waals surface area contributed by atoms with Crippen molar-refractivity contribution in [2.75, 3.05) is 13.1 Å². The molecule has 1 aromatic rings. The molecule has 0 N–H and O–H groups in total. The van der Waals surface area contributed by atoms with Crippen molar-refractivity contribution in [3.05, 3.63) is 34.3 Å². The Labute approximate surface area is 111 Å². The van der Waals surface area contributed by atoms with Crippen LogP contribution in [0.2, 0.25) is 0 Å². The zero-order valence-electron chi connectivity index (χ0n) is 10.3. The van der Waals surface area contributed by atoms with Crippen LogP contribution in [0.3, 0.4) is 0 Å². The molecule has 0 unspecified atom stereocenters. The van der Waals surface area contributed by atoms with E-state index in [1.165, 1.54) is 6.42 Å². The van der Waals surface area contributed by atoms with Gasteiger partial charge in [-0.15, -0.1) is 0 Å². The van der Waals surface area contributed by atoms with Crippen molar-refractivity contribution >= 4 is 21.8 Å². The van der Waals surface area contributed by atoms with E-state index in [1.54, 1.807) is 0 Å². The van der Waals surface area contributed by atoms with Crippen LogP contribution in [0.4, 0.5) is 0 Å². The van der Waals surface area contributed by atoms with Crippen molar-refractivity contribution in [1.82, 2.24) is 4.90 Å². The van der Waals surface area contributed by atoms with E-state index < -0.39 is 0 Å². The molecule has 17 heavy (non-hydrogen) atoms. The number of piperidine rings is 1. The first-order chi connectivity index (χ1) is 8.06. The number of carbonyl (C=O) groups excluding carboxylic acids is 1. The van der Waals surface area contributed by atoms with Crippen molar-refractivity contribution in [2.45, 2.75) is 20.3 Å². The molecule has 0 saturated carbocycles. The van der Waals surface area contributed by atoms with Crippen LogP contribution >= 0.6 is 15.9 Å². The van der Waals surface area contributed by atoms with E-state index in [0.29, 0.717) is 11.8 Å². The molecule has 0 radical (unpaired) electrons. The van der Waals surface area contributed by atoms with E-state index in [2.05, 4.69) is 29.8 Å². The molecule has 1 aliphatic heterocycles. The van der Waals surface area contributed by atoms with Gasteiger partial charge in [0.1, 0.15) is 0 Å². The van der Waals surface area contributed by atoms with E-state index in [-0.39, 0.29) is 5.91 Å². The highest BCUT2D eigenvalue weighted by Gasteiger charge is 2.25. The second-order valence-electron chi connectivity index (χ2n) is 5.16. The quantitative estimate of drug-likeness (QED) is 0.776. The fraction of sp³-hybridized carbons (Fsp3) is 0.500. The highest BCUT2D eigenvalue weighted by molar-refractivity contribution is 9.10. The molecule has 1 aromatic carbocycles. The van der Waals surface area contributed by atoms with Crippen LogP contribution < -0.4 is 0 Å². The Kier molecular flexibility index (Phi) is 3.87. The van der Waals surface area contributed by atoms with Crippen molar-refractivity contribution in [1.29, 1.82) is 0 Å². The summed E-state index contributed by atoms with van der Waals surface area (Å²) >= 11 is 3.38. The van der Waals surface area contributed by atoms with Crippen molar-refractivity contribution in [2.24, 2.45) is 11.8 Å². The maximum Gasteiger partial charge on any atom is 0.253 e. The van der Waals surface area contributed by atoms with Crippen LogP contribution in [0.25, 0.3) is 0 Å². The molecular weight excluding hydrogens is 278 g/mol. The Morgan fingerprint density at radius 1 is 1.18 bits per heavy atom. The summed E-state index contributed by atoms with van der Waals surface area (Å²) in [5, 5.41) is 0. The van der Waals surface area contributed by atoms with E-state index in [4.69, 9.17) is 0 Å². The first kappa shape index (κ1) is 12.6. The summed E-state index contributed by atoms with van der Waals surface area (Å²) in [5.74, 6) is 1.38. The molecule has 1 aliphatic rings. The third kappa shape index (κ3) is 3.09. The van der Waals surface area contributed by atoms with Gasteiger partial charge in [-0.25, -0.2) is 0 Å². The Morgan fingerprint density at radius 2 is 1.71 bits per heavy atom. The third-order valence-corrected chi connectivity index (χ3v) is 3.78. The van der Waals surface area contributed by atoms with Gasteiger partial charge >= 0.3 is 0 Å². The predicted molar refractivity (Wildman–Crippen MR) is 73.0 cm³/mol. The van der Waals surface area contributed by atoms with Gasteiger partial charge in [-0.3, -0.25) is 4.79 Å². The standard InChI is InChI=1S/C14H18BrNO/c1-10-7-11(2)9-16(8-10)14(17)12-3-5-13(15)6-4-12/h3-6,10-11H,7-9H2,1-2H3/t10-,11-/m1/s1. The largest absolute Gasteiger partial charge is 0.338 e. The van der Waals surface area contributed by atoms with Crippen LogP contribution in [0.1, 0.15) is 30.6 Å². The number of hydrogen-bond acceptors (Lipinski definition) is 1. The van der Waals surface area contributed by atoms with Gasteiger partial charge in [0.15, 0.2) is 0 Å². The van der Waals surface area contributed by atoms with Crippen LogP contribution in [-0.4, -0.2) is 23.9 Å². The average molecular weight is 296 g/mol. The van der Waals surface area contributed by atoms with Gasteiger partial charge in [0.05, 0.1) is 0 Å². The number of amides is 1. The Bertz CT molecular complexity index is 391. The summed E-state index contributed by atoms with van der Waals surface area (Å²) in [6, 6.07) is 7.61. The normalized spacial score (nSPS) is 24.8. The van der Waals surface area contributed by atoms with E-state index in [1.807, 2.05) is 29.2 Å². The molecule has 1 amide bonds. The van der Waals surface area contributed by atoms with Gasteiger partial charge in [-0.05, 0) is 42.5 Å². The molecule has 0 spiro atoms. The molecule has 1 saturated heterocycles. The maximum atomic E-state index is 12.3. The first-order valence-electron chi connectivity index (χ1n) is 6.11. The lowest BCUT2D eigenvalue weighted by Crippen LogP contribution is -2.42. The zero-order chi connectivity index (χ0) is 12.4. The fourth-order valence-electron chi connectivity index (χ4n) is 2.60. The fourth-order valence-corrected chi connectivity index (χ4v) is 2.87. The highest BCUT2D eigenvalue weighted by atomic mass is 79.9. The molecule has 0 aliphatic carbocycles. The Balaban J connectivity index is 2.11.